The van der Waals surface area contributed by atoms with Crippen LogP contribution < -0.4 is 0 Å². The third kappa shape index (κ3) is 6.37. The van der Waals surface area contributed by atoms with Crippen LogP contribution in [0.15, 0.2) is 72.8 Å². The summed E-state index contributed by atoms with van der Waals surface area (Å²) >= 11 is 6.14. The van der Waals surface area contributed by atoms with Crippen LogP contribution in [-0.2, 0) is 24.4 Å². The number of amides is 1. The first-order valence-corrected chi connectivity index (χ1v) is 12.0. The second-order valence-corrected chi connectivity index (χ2v) is 9.27. The largest absolute Gasteiger partial charge is 0.453 e. The molecule has 0 radical (unpaired) electrons. The first-order chi connectivity index (χ1) is 16.5. The molecule has 0 saturated carbocycles. The van der Waals surface area contributed by atoms with Crippen LogP contribution in [0.25, 0.3) is 0 Å². The third-order valence-corrected chi connectivity index (χ3v) is 6.69. The summed E-state index contributed by atoms with van der Waals surface area (Å²) in [6.07, 6.45) is 1.74. The summed E-state index contributed by atoms with van der Waals surface area (Å²) in [5.74, 6) is 0.238. The molecular formula is C28H30ClFN2O2. The smallest absolute Gasteiger partial charge is 0.410 e. The number of nitrogens with zero attached hydrogens (tertiary/aromatic N) is 2. The van der Waals surface area contributed by atoms with Gasteiger partial charge in [0.05, 0.1) is 7.11 Å². The van der Waals surface area contributed by atoms with Crippen molar-refractivity contribution < 1.29 is 13.9 Å². The molecular weight excluding hydrogens is 451 g/mol. The van der Waals surface area contributed by atoms with E-state index in [0.29, 0.717) is 24.0 Å². The van der Waals surface area contributed by atoms with E-state index in [1.807, 2.05) is 42.5 Å². The number of carbonyl (C=O) groups is 1. The van der Waals surface area contributed by atoms with E-state index >= 15 is 0 Å². The molecule has 0 aromatic heterocycles. The molecule has 1 heterocycles. The van der Waals surface area contributed by atoms with Crippen LogP contribution in [-0.4, -0.2) is 36.1 Å². The van der Waals surface area contributed by atoms with Crippen molar-refractivity contribution in [1.29, 1.82) is 0 Å². The van der Waals surface area contributed by atoms with Gasteiger partial charge in [-0.1, -0.05) is 60.1 Å². The van der Waals surface area contributed by atoms with Gasteiger partial charge in [-0.05, 0) is 78.4 Å². The Morgan fingerprint density at radius 1 is 1.00 bits per heavy atom. The van der Waals surface area contributed by atoms with E-state index in [1.54, 1.807) is 4.90 Å². The van der Waals surface area contributed by atoms with E-state index in [1.165, 1.54) is 24.8 Å². The first kappa shape index (κ1) is 24.2. The summed E-state index contributed by atoms with van der Waals surface area (Å²) in [5.41, 5.74) is 4.54. The quantitative estimate of drug-likeness (QED) is 0.380. The van der Waals surface area contributed by atoms with E-state index in [2.05, 4.69) is 23.1 Å². The molecule has 1 amide bonds. The number of methoxy groups -OCH3 is 1. The van der Waals surface area contributed by atoms with E-state index in [9.17, 15) is 9.18 Å². The highest BCUT2D eigenvalue weighted by atomic mass is 35.5. The molecule has 34 heavy (non-hydrogen) atoms. The number of ether oxygens (including phenoxy) is 1. The fourth-order valence-electron chi connectivity index (χ4n) is 4.70. The summed E-state index contributed by atoms with van der Waals surface area (Å²) in [6, 6.07) is 22.7. The van der Waals surface area contributed by atoms with Gasteiger partial charge in [0.15, 0.2) is 0 Å². The van der Waals surface area contributed by atoms with Crippen molar-refractivity contribution in [1.82, 2.24) is 9.80 Å². The second-order valence-electron chi connectivity index (χ2n) is 8.83. The Balaban J connectivity index is 1.43. The zero-order valence-corrected chi connectivity index (χ0v) is 20.2. The molecule has 6 heteroatoms. The fourth-order valence-corrected chi connectivity index (χ4v) is 4.91. The number of benzene rings is 3. The van der Waals surface area contributed by atoms with Crippen molar-refractivity contribution in [3.8, 4) is 0 Å². The van der Waals surface area contributed by atoms with Gasteiger partial charge in [0, 0.05) is 24.7 Å². The van der Waals surface area contributed by atoms with Crippen molar-refractivity contribution in [3.05, 3.63) is 106 Å². The molecule has 4 nitrogen and oxygen atoms in total. The lowest BCUT2D eigenvalue weighted by atomic mass is 9.86. The Morgan fingerprint density at radius 2 is 1.74 bits per heavy atom. The number of carbonyl (C=O) groups excluding carboxylic acids is 1. The Labute approximate surface area is 205 Å². The lowest BCUT2D eigenvalue weighted by molar-refractivity contribution is 0.117. The van der Waals surface area contributed by atoms with Gasteiger partial charge in [-0.15, -0.1) is 0 Å². The molecule has 3 aromatic rings. The number of likely N-dealkylation sites (tertiary alicyclic amines) is 1. The van der Waals surface area contributed by atoms with Gasteiger partial charge in [0.25, 0.3) is 0 Å². The Bertz CT molecular complexity index is 1100. The van der Waals surface area contributed by atoms with Gasteiger partial charge in [-0.2, -0.15) is 0 Å². The standard InChI is InChI=1S/C28H30ClFN2O2/c1-34-28(33)32(19-22-5-4-7-25(29)17-22)20-24-6-2-3-8-27(24)23-13-15-31(16-14-23)18-21-9-11-26(30)12-10-21/h2-12,17,23H,13-16,18-20H2,1H3. The molecule has 0 spiro atoms. The summed E-state index contributed by atoms with van der Waals surface area (Å²) in [5, 5.41) is 0.648. The van der Waals surface area contributed by atoms with Gasteiger partial charge < -0.3 is 4.74 Å². The molecule has 0 bridgehead atoms. The molecule has 4 rings (SSSR count). The van der Waals surface area contributed by atoms with Crippen LogP contribution in [0.3, 0.4) is 0 Å². The summed E-state index contributed by atoms with van der Waals surface area (Å²) in [7, 11) is 1.41. The molecule has 178 valence electrons. The van der Waals surface area contributed by atoms with Gasteiger partial charge in [-0.25, -0.2) is 9.18 Å². The van der Waals surface area contributed by atoms with Crippen molar-refractivity contribution in [2.24, 2.45) is 0 Å². The van der Waals surface area contributed by atoms with E-state index in [-0.39, 0.29) is 11.9 Å². The minimum Gasteiger partial charge on any atom is -0.453 e. The highest BCUT2D eigenvalue weighted by molar-refractivity contribution is 6.30. The van der Waals surface area contributed by atoms with Crippen molar-refractivity contribution >= 4 is 17.7 Å². The maximum Gasteiger partial charge on any atom is 0.410 e. The van der Waals surface area contributed by atoms with Gasteiger partial charge in [-0.3, -0.25) is 9.80 Å². The van der Waals surface area contributed by atoms with Crippen LogP contribution in [0.5, 0.6) is 0 Å². The Kier molecular flexibility index (Phi) is 8.20. The molecule has 3 aromatic carbocycles. The van der Waals surface area contributed by atoms with E-state index in [0.717, 1.165) is 49.2 Å². The summed E-state index contributed by atoms with van der Waals surface area (Å²) in [6.45, 7) is 3.71. The first-order valence-electron chi connectivity index (χ1n) is 11.6. The molecule has 0 atom stereocenters. The second kappa shape index (κ2) is 11.5. The molecule has 1 fully saturated rings. The predicted octanol–water partition coefficient (Wildman–Crippen LogP) is 6.63. The topological polar surface area (TPSA) is 32.8 Å². The van der Waals surface area contributed by atoms with Crippen LogP contribution >= 0.6 is 11.6 Å². The lowest BCUT2D eigenvalue weighted by Crippen LogP contribution is -2.33. The van der Waals surface area contributed by atoms with Gasteiger partial charge in [0.2, 0.25) is 0 Å². The molecule has 0 aliphatic carbocycles. The highest BCUT2D eigenvalue weighted by Crippen LogP contribution is 2.32. The molecule has 1 aliphatic rings. The molecule has 1 saturated heterocycles. The average molecular weight is 481 g/mol. The fraction of sp³-hybridized carbons (Fsp3) is 0.321. The minimum absolute atomic E-state index is 0.199. The summed E-state index contributed by atoms with van der Waals surface area (Å²) in [4.78, 5) is 16.7. The monoisotopic (exact) mass is 480 g/mol. The van der Waals surface area contributed by atoms with Crippen LogP contribution in [0.2, 0.25) is 5.02 Å². The van der Waals surface area contributed by atoms with Crippen LogP contribution in [0, 0.1) is 5.82 Å². The zero-order valence-electron chi connectivity index (χ0n) is 19.4. The van der Waals surface area contributed by atoms with Crippen molar-refractivity contribution in [2.45, 2.75) is 38.4 Å². The average Bonchev–Trinajstić information content (AvgIpc) is 2.85. The molecule has 1 aliphatic heterocycles. The lowest BCUT2D eigenvalue weighted by Gasteiger charge is -2.33. The zero-order chi connectivity index (χ0) is 23.9. The maximum atomic E-state index is 13.2. The Hall–Kier alpha value is -2.89. The van der Waals surface area contributed by atoms with Gasteiger partial charge >= 0.3 is 6.09 Å². The highest BCUT2D eigenvalue weighted by Gasteiger charge is 2.24. The van der Waals surface area contributed by atoms with E-state index in [4.69, 9.17) is 16.3 Å². The molecule has 0 N–H and O–H groups in total. The van der Waals surface area contributed by atoms with E-state index < -0.39 is 0 Å². The SMILES string of the molecule is COC(=O)N(Cc1cccc(Cl)c1)Cc1ccccc1C1CCN(Cc2ccc(F)cc2)CC1. The number of rotatable bonds is 7. The van der Waals surface area contributed by atoms with Gasteiger partial charge in [0.1, 0.15) is 5.82 Å². The number of hydrogen-bond acceptors (Lipinski definition) is 3. The van der Waals surface area contributed by atoms with Crippen molar-refractivity contribution in [2.75, 3.05) is 20.2 Å². The summed E-state index contributed by atoms with van der Waals surface area (Å²) < 4.78 is 18.3. The normalized spacial score (nSPS) is 14.7. The maximum absolute atomic E-state index is 13.2. The number of piperidine rings is 1. The van der Waals surface area contributed by atoms with Crippen LogP contribution in [0.4, 0.5) is 9.18 Å². The molecule has 0 unspecified atom stereocenters. The minimum atomic E-state index is -0.358. The van der Waals surface area contributed by atoms with Crippen molar-refractivity contribution in [3.63, 3.8) is 0 Å². The predicted molar refractivity (Wildman–Crippen MR) is 133 cm³/mol. The number of hydrogen-bond donors (Lipinski definition) is 0. The third-order valence-electron chi connectivity index (χ3n) is 6.46. The number of halogens is 2. The Morgan fingerprint density at radius 3 is 2.44 bits per heavy atom. The van der Waals surface area contributed by atoms with Crippen LogP contribution in [0.1, 0.15) is 41.0 Å².